The molecule has 0 saturated carbocycles. The Morgan fingerprint density at radius 2 is 2.35 bits per heavy atom. The molecule has 0 atom stereocenters. The molecule has 17 heavy (non-hydrogen) atoms. The van der Waals surface area contributed by atoms with Crippen LogP contribution in [0.15, 0.2) is 28.8 Å². The molecule has 1 aromatic heterocycles. The van der Waals surface area contributed by atoms with Crippen LogP contribution in [0, 0.1) is 0 Å². The molecule has 1 amide bonds. The van der Waals surface area contributed by atoms with Crippen molar-refractivity contribution in [1.82, 2.24) is 15.5 Å². The zero-order valence-corrected chi connectivity index (χ0v) is 9.30. The Labute approximate surface area is 97.8 Å². The lowest BCUT2D eigenvalue weighted by Crippen LogP contribution is -2.17. The zero-order valence-electron chi connectivity index (χ0n) is 9.30. The number of aromatic nitrogens is 2. The second-order valence-electron chi connectivity index (χ2n) is 3.38. The molecule has 88 valence electrons. The average molecular weight is 232 g/mol. The predicted molar refractivity (Wildman–Crippen MR) is 61.0 cm³/mol. The van der Waals surface area contributed by atoms with Gasteiger partial charge in [-0.2, -0.15) is 4.98 Å². The van der Waals surface area contributed by atoms with Crippen molar-refractivity contribution in [2.45, 2.75) is 6.54 Å². The topological polar surface area (TPSA) is 94.0 Å². The van der Waals surface area contributed by atoms with Gasteiger partial charge in [-0.1, -0.05) is 17.3 Å². The highest BCUT2D eigenvalue weighted by Crippen LogP contribution is 2.17. The van der Waals surface area contributed by atoms with E-state index in [1.807, 2.05) is 0 Å². The lowest BCUT2D eigenvalue weighted by molar-refractivity contribution is 0.0963. The fourth-order valence-corrected chi connectivity index (χ4v) is 1.40. The van der Waals surface area contributed by atoms with Gasteiger partial charge in [0.2, 0.25) is 11.7 Å². The molecule has 0 unspecified atom stereocenters. The van der Waals surface area contributed by atoms with Crippen LogP contribution in [-0.2, 0) is 6.54 Å². The Hall–Kier alpha value is -2.21. The zero-order chi connectivity index (χ0) is 12.3. The summed E-state index contributed by atoms with van der Waals surface area (Å²) in [6.45, 7) is 0.197. The van der Waals surface area contributed by atoms with Gasteiger partial charge in [-0.25, -0.2) is 0 Å². The maximum Gasteiger partial charge on any atom is 0.251 e. The fourth-order valence-electron chi connectivity index (χ4n) is 1.40. The number of amides is 1. The number of hydrogen-bond donors (Lipinski definition) is 2. The van der Waals surface area contributed by atoms with Crippen molar-refractivity contribution in [1.29, 1.82) is 0 Å². The van der Waals surface area contributed by atoms with Crippen molar-refractivity contribution in [2.75, 3.05) is 7.05 Å². The third-order valence-corrected chi connectivity index (χ3v) is 2.25. The maximum atomic E-state index is 11.5. The van der Waals surface area contributed by atoms with Crippen LogP contribution in [-0.4, -0.2) is 23.1 Å². The van der Waals surface area contributed by atoms with Gasteiger partial charge in [-0.3, -0.25) is 4.79 Å². The summed E-state index contributed by atoms with van der Waals surface area (Å²) in [6, 6.07) is 6.98. The first-order chi connectivity index (χ1) is 8.24. The molecule has 2 rings (SSSR count). The van der Waals surface area contributed by atoms with Crippen molar-refractivity contribution in [3.8, 4) is 11.4 Å². The van der Waals surface area contributed by atoms with Crippen molar-refractivity contribution >= 4 is 5.91 Å². The summed E-state index contributed by atoms with van der Waals surface area (Å²) >= 11 is 0. The van der Waals surface area contributed by atoms with E-state index in [0.717, 1.165) is 5.56 Å². The fraction of sp³-hybridized carbons (Fsp3) is 0.182. The molecule has 0 aliphatic rings. The van der Waals surface area contributed by atoms with Gasteiger partial charge >= 0.3 is 0 Å². The van der Waals surface area contributed by atoms with Gasteiger partial charge in [0.25, 0.3) is 5.91 Å². The van der Waals surface area contributed by atoms with E-state index in [9.17, 15) is 4.79 Å². The van der Waals surface area contributed by atoms with Crippen molar-refractivity contribution in [2.24, 2.45) is 5.73 Å². The number of nitrogens with zero attached hydrogens (tertiary/aromatic N) is 2. The molecule has 6 nitrogen and oxygen atoms in total. The number of carbonyl (C=O) groups is 1. The standard InChI is InChI=1S/C11H12N4O2/c1-13-11(16)8-4-2-3-7(5-8)10-14-9(6-12)17-15-10/h2-5H,6,12H2,1H3,(H,13,16). The Morgan fingerprint density at radius 3 is 3.00 bits per heavy atom. The van der Waals surface area contributed by atoms with Crippen LogP contribution in [0.4, 0.5) is 0 Å². The number of hydrogen-bond acceptors (Lipinski definition) is 5. The predicted octanol–water partition coefficient (Wildman–Crippen LogP) is 0.555. The quantitative estimate of drug-likeness (QED) is 0.806. The molecular weight excluding hydrogens is 220 g/mol. The molecule has 0 aliphatic carbocycles. The van der Waals surface area contributed by atoms with Gasteiger partial charge < -0.3 is 15.6 Å². The molecule has 0 bridgehead atoms. The summed E-state index contributed by atoms with van der Waals surface area (Å²) in [5.41, 5.74) is 6.64. The highest BCUT2D eigenvalue weighted by atomic mass is 16.5. The average Bonchev–Trinajstić information content (AvgIpc) is 2.86. The highest BCUT2D eigenvalue weighted by Gasteiger charge is 2.09. The van der Waals surface area contributed by atoms with E-state index in [1.165, 1.54) is 0 Å². The lowest BCUT2D eigenvalue weighted by Gasteiger charge is -2.00. The molecule has 1 heterocycles. The van der Waals surface area contributed by atoms with E-state index in [0.29, 0.717) is 17.3 Å². The van der Waals surface area contributed by atoms with Gasteiger partial charge in [0.1, 0.15) is 0 Å². The summed E-state index contributed by atoms with van der Waals surface area (Å²) in [7, 11) is 1.58. The smallest absolute Gasteiger partial charge is 0.251 e. The number of nitrogens with two attached hydrogens (primary N) is 1. The third-order valence-electron chi connectivity index (χ3n) is 2.25. The van der Waals surface area contributed by atoms with Crippen LogP contribution in [0.2, 0.25) is 0 Å². The Bertz CT molecular complexity index is 536. The minimum atomic E-state index is -0.158. The van der Waals surface area contributed by atoms with Crippen LogP contribution in [0.1, 0.15) is 16.2 Å². The number of rotatable bonds is 3. The Balaban J connectivity index is 2.35. The van der Waals surface area contributed by atoms with Crippen LogP contribution in [0.5, 0.6) is 0 Å². The third kappa shape index (κ3) is 2.31. The van der Waals surface area contributed by atoms with Gasteiger partial charge in [0, 0.05) is 18.2 Å². The molecule has 0 saturated heterocycles. The minimum absolute atomic E-state index is 0.158. The highest BCUT2D eigenvalue weighted by molar-refractivity contribution is 5.95. The van der Waals surface area contributed by atoms with E-state index < -0.39 is 0 Å². The molecule has 0 aliphatic heterocycles. The molecule has 2 aromatic rings. The second kappa shape index (κ2) is 4.75. The van der Waals surface area contributed by atoms with E-state index in [1.54, 1.807) is 31.3 Å². The van der Waals surface area contributed by atoms with Gasteiger partial charge in [0.05, 0.1) is 6.54 Å². The van der Waals surface area contributed by atoms with Crippen molar-refractivity contribution < 1.29 is 9.32 Å². The van der Waals surface area contributed by atoms with E-state index in [-0.39, 0.29) is 12.5 Å². The first kappa shape index (κ1) is 11.3. The van der Waals surface area contributed by atoms with Crippen LogP contribution in [0.3, 0.4) is 0 Å². The number of benzene rings is 1. The summed E-state index contributed by atoms with van der Waals surface area (Å²) in [5, 5.41) is 6.34. The SMILES string of the molecule is CNC(=O)c1cccc(-c2noc(CN)n2)c1. The minimum Gasteiger partial charge on any atom is -0.355 e. The van der Waals surface area contributed by atoms with Crippen molar-refractivity contribution in [3.05, 3.63) is 35.7 Å². The first-order valence-corrected chi connectivity index (χ1v) is 5.09. The van der Waals surface area contributed by atoms with Gasteiger partial charge in [0.15, 0.2) is 0 Å². The van der Waals surface area contributed by atoms with E-state index >= 15 is 0 Å². The van der Waals surface area contributed by atoms with E-state index in [2.05, 4.69) is 15.5 Å². The monoisotopic (exact) mass is 232 g/mol. The van der Waals surface area contributed by atoms with Crippen molar-refractivity contribution in [3.63, 3.8) is 0 Å². The molecule has 0 fully saturated rings. The molecule has 3 N–H and O–H groups in total. The summed E-state index contributed by atoms with van der Waals surface area (Å²) in [6.07, 6.45) is 0. The first-order valence-electron chi connectivity index (χ1n) is 5.09. The second-order valence-corrected chi connectivity index (χ2v) is 3.38. The summed E-state index contributed by atoms with van der Waals surface area (Å²) in [4.78, 5) is 15.6. The normalized spacial score (nSPS) is 10.2. The summed E-state index contributed by atoms with van der Waals surface area (Å²) < 4.78 is 4.91. The molecular formula is C11H12N4O2. The maximum absolute atomic E-state index is 11.5. The van der Waals surface area contributed by atoms with Crippen LogP contribution >= 0.6 is 0 Å². The molecule has 0 radical (unpaired) electrons. The van der Waals surface area contributed by atoms with Gasteiger partial charge in [-0.05, 0) is 12.1 Å². The van der Waals surface area contributed by atoms with E-state index in [4.69, 9.17) is 10.3 Å². The number of nitrogens with one attached hydrogen (secondary N) is 1. The Kier molecular flexibility index (Phi) is 3.15. The van der Waals surface area contributed by atoms with Crippen LogP contribution < -0.4 is 11.1 Å². The Morgan fingerprint density at radius 1 is 1.53 bits per heavy atom. The largest absolute Gasteiger partial charge is 0.355 e. The summed E-state index contributed by atoms with van der Waals surface area (Å²) in [5.74, 6) is 0.635. The molecule has 6 heteroatoms. The number of carbonyl (C=O) groups excluding carboxylic acids is 1. The van der Waals surface area contributed by atoms with Gasteiger partial charge in [-0.15, -0.1) is 0 Å². The molecule has 0 spiro atoms. The van der Waals surface area contributed by atoms with Crippen LogP contribution in [0.25, 0.3) is 11.4 Å². The molecule has 1 aromatic carbocycles. The lowest BCUT2D eigenvalue weighted by atomic mass is 10.1.